The van der Waals surface area contributed by atoms with Gasteiger partial charge in [0.05, 0.1) is 18.7 Å². The van der Waals surface area contributed by atoms with Crippen LogP contribution in [0.3, 0.4) is 0 Å². The number of hydrogen-bond donors (Lipinski definition) is 3. The van der Waals surface area contributed by atoms with Crippen molar-refractivity contribution in [2.24, 2.45) is 0 Å². The van der Waals surface area contributed by atoms with Gasteiger partial charge in [-0.1, -0.05) is 0 Å². The lowest BCUT2D eigenvalue weighted by Crippen LogP contribution is -2.53. The SMILES string of the molecule is CN(C)Cc1ccc(C(=O)N[C@H]2CNCC[C@H]2O)o1.Cl.Cl. The van der Waals surface area contributed by atoms with Gasteiger partial charge in [0.25, 0.3) is 5.91 Å². The van der Waals surface area contributed by atoms with E-state index in [1.807, 2.05) is 19.0 Å². The first-order valence-corrected chi connectivity index (χ1v) is 6.49. The van der Waals surface area contributed by atoms with Gasteiger partial charge in [-0.3, -0.25) is 4.79 Å². The van der Waals surface area contributed by atoms with E-state index >= 15 is 0 Å². The van der Waals surface area contributed by atoms with Crippen LogP contribution in [0.1, 0.15) is 22.7 Å². The molecule has 2 rings (SSSR count). The standard InChI is InChI=1S/C13H21N3O3.2ClH/c1-16(2)8-9-3-4-12(19-9)13(18)15-10-7-14-6-5-11(10)17;;/h3-4,10-11,14,17H,5-8H2,1-2H3,(H,15,18);2*1H/t10-,11+;;/m0../s1. The molecular formula is C13H23Cl2N3O3. The summed E-state index contributed by atoms with van der Waals surface area (Å²) in [5.41, 5.74) is 0. The first-order valence-electron chi connectivity index (χ1n) is 6.49. The molecule has 0 saturated carbocycles. The van der Waals surface area contributed by atoms with Crippen LogP contribution >= 0.6 is 24.8 Å². The molecule has 2 atom stereocenters. The minimum Gasteiger partial charge on any atom is -0.455 e. The van der Waals surface area contributed by atoms with Crippen LogP contribution in [0, 0.1) is 0 Å². The molecule has 122 valence electrons. The summed E-state index contributed by atoms with van der Waals surface area (Å²) >= 11 is 0. The second-order valence-electron chi connectivity index (χ2n) is 5.14. The molecule has 1 saturated heterocycles. The third-order valence-corrected chi connectivity index (χ3v) is 3.12. The fraction of sp³-hybridized carbons (Fsp3) is 0.615. The number of nitrogens with zero attached hydrogens (tertiary/aromatic N) is 1. The van der Waals surface area contributed by atoms with Crippen LogP contribution in [-0.2, 0) is 6.54 Å². The van der Waals surface area contributed by atoms with Gasteiger partial charge in [-0.05, 0) is 39.2 Å². The molecule has 0 radical (unpaired) electrons. The van der Waals surface area contributed by atoms with E-state index in [0.29, 0.717) is 19.5 Å². The molecule has 1 aliphatic heterocycles. The minimum absolute atomic E-state index is 0. The molecule has 3 N–H and O–H groups in total. The van der Waals surface area contributed by atoms with Crippen LogP contribution in [0.15, 0.2) is 16.5 Å². The number of halogens is 2. The first kappa shape index (κ1) is 20.2. The molecule has 1 fully saturated rings. The lowest BCUT2D eigenvalue weighted by molar-refractivity contribution is 0.0732. The molecule has 0 bridgehead atoms. The van der Waals surface area contributed by atoms with E-state index in [1.54, 1.807) is 12.1 Å². The molecule has 21 heavy (non-hydrogen) atoms. The summed E-state index contributed by atoms with van der Waals surface area (Å²) in [5.74, 6) is 0.754. The summed E-state index contributed by atoms with van der Waals surface area (Å²) in [7, 11) is 3.87. The molecule has 0 aliphatic carbocycles. The van der Waals surface area contributed by atoms with Crippen molar-refractivity contribution in [3.63, 3.8) is 0 Å². The van der Waals surface area contributed by atoms with Gasteiger partial charge in [0, 0.05) is 6.54 Å². The van der Waals surface area contributed by atoms with Crippen LogP contribution < -0.4 is 10.6 Å². The second kappa shape index (κ2) is 9.27. The van der Waals surface area contributed by atoms with Crippen molar-refractivity contribution < 1.29 is 14.3 Å². The molecule has 1 amide bonds. The molecule has 2 heterocycles. The Hall–Kier alpha value is -0.790. The predicted octanol–water partition coefficient (Wildman–Crippen LogP) is 0.637. The summed E-state index contributed by atoms with van der Waals surface area (Å²) in [5, 5.41) is 15.7. The average Bonchev–Trinajstić information content (AvgIpc) is 2.79. The quantitative estimate of drug-likeness (QED) is 0.750. The zero-order valence-corrected chi connectivity index (χ0v) is 13.8. The summed E-state index contributed by atoms with van der Waals surface area (Å²) in [6.07, 6.45) is 0.149. The molecule has 1 aromatic heterocycles. The second-order valence-corrected chi connectivity index (χ2v) is 5.14. The number of aliphatic hydroxyl groups excluding tert-OH is 1. The molecular weight excluding hydrogens is 317 g/mol. The molecule has 1 aliphatic rings. The summed E-state index contributed by atoms with van der Waals surface area (Å²) in [6, 6.07) is 3.20. The van der Waals surface area contributed by atoms with Gasteiger partial charge in [0.2, 0.25) is 0 Å². The van der Waals surface area contributed by atoms with Gasteiger partial charge < -0.3 is 25.1 Å². The Labute approximate surface area is 137 Å². The van der Waals surface area contributed by atoms with Crippen LogP contribution in [-0.4, -0.2) is 55.2 Å². The van der Waals surface area contributed by atoms with Crippen LogP contribution in [0.5, 0.6) is 0 Å². The summed E-state index contributed by atoms with van der Waals surface area (Å²) in [6.45, 7) is 2.01. The van der Waals surface area contributed by atoms with E-state index in [9.17, 15) is 9.90 Å². The minimum atomic E-state index is -0.499. The monoisotopic (exact) mass is 339 g/mol. The fourth-order valence-electron chi connectivity index (χ4n) is 2.13. The maximum absolute atomic E-state index is 12.0. The highest BCUT2D eigenvalue weighted by Crippen LogP contribution is 2.11. The van der Waals surface area contributed by atoms with E-state index in [1.165, 1.54) is 0 Å². The predicted molar refractivity (Wildman–Crippen MR) is 85.3 cm³/mol. The number of aliphatic hydroxyl groups is 1. The van der Waals surface area contributed by atoms with Crippen molar-refractivity contribution in [3.05, 3.63) is 23.7 Å². The van der Waals surface area contributed by atoms with E-state index in [4.69, 9.17) is 4.42 Å². The van der Waals surface area contributed by atoms with Crippen LogP contribution in [0.4, 0.5) is 0 Å². The molecule has 8 heteroatoms. The topological polar surface area (TPSA) is 77.7 Å². The van der Waals surface area contributed by atoms with Gasteiger partial charge in [0.1, 0.15) is 5.76 Å². The number of nitrogens with one attached hydrogen (secondary N) is 2. The zero-order chi connectivity index (χ0) is 13.8. The lowest BCUT2D eigenvalue weighted by atomic mass is 10.0. The number of piperidine rings is 1. The molecule has 0 unspecified atom stereocenters. The van der Waals surface area contributed by atoms with Crippen molar-refractivity contribution in [2.75, 3.05) is 27.2 Å². The van der Waals surface area contributed by atoms with E-state index in [-0.39, 0.29) is 42.5 Å². The van der Waals surface area contributed by atoms with Crippen LogP contribution in [0.25, 0.3) is 0 Å². The number of carbonyl (C=O) groups excluding carboxylic acids is 1. The van der Waals surface area contributed by atoms with E-state index in [0.717, 1.165) is 12.3 Å². The largest absolute Gasteiger partial charge is 0.455 e. The highest BCUT2D eigenvalue weighted by Gasteiger charge is 2.25. The Balaban J connectivity index is 0.00000200. The van der Waals surface area contributed by atoms with Gasteiger partial charge in [0.15, 0.2) is 5.76 Å². The molecule has 1 aromatic rings. The van der Waals surface area contributed by atoms with Crippen molar-refractivity contribution in [2.45, 2.75) is 25.1 Å². The third-order valence-electron chi connectivity index (χ3n) is 3.12. The summed E-state index contributed by atoms with van der Waals surface area (Å²) in [4.78, 5) is 14.0. The summed E-state index contributed by atoms with van der Waals surface area (Å²) < 4.78 is 5.48. The molecule has 0 spiro atoms. The van der Waals surface area contributed by atoms with E-state index in [2.05, 4.69) is 10.6 Å². The number of amides is 1. The smallest absolute Gasteiger partial charge is 0.287 e. The van der Waals surface area contributed by atoms with Gasteiger partial charge in [-0.15, -0.1) is 24.8 Å². The van der Waals surface area contributed by atoms with Crippen molar-refractivity contribution in [1.82, 2.24) is 15.5 Å². The first-order chi connectivity index (χ1) is 9.06. The Morgan fingerprint density at radius 1 is 1.48 bits per heavy atom. The number of rotatable bonds is 4. The van der Waals surface area contributed by atoms with Crippen molar-refractivity contribution in [3.8, 4) is 0 Å². The Bertz CT molecular complexity index is 440. The van der Waals surface area contributed by atoms with Crippen LogP contribution in [0.2, 0.25) is 0 Å². The van der Waals surface area contributed by atoms with Gasteiger partial charge >= 0.3 is 0 Å². The fourth-order valence-corrected chi connectivity index (χ4v) is 2.13. The molecule has 0 aromatic carbocycles. The van der Waals surface area contributed by atoms with E-state index < -0.39 is 6.10 Å². The average molecular weight is 340 g/mol. The number of carbonyl (C=O) groups is 1. The Morgan fingerprint density at radius 3 is 2.81 bits per heavy atom. The zero-order valence-electron chi connectivity index (χ0n) is 12.2. The maximum atomic E-state index is 12.0. The van der Waals surface area contributed by atoms with Crippen molar-refractivity contribution >= 4 is 30.7 Å². The lowest BCUT2D eigenvalue weighted by Gasteiger charge is -2.28. The highest BCUT2D eigenvalue weighted by atomic mass is 35.5. The van der Waals surface area contributed by atoms with Crippen molar-refractivity contribution in [1.29, 1.82) is 0 Å². The Morgan fingerprint density at radius 2 is 2.19 bits per heavy atom. The number of hydrogen-bond acceptors (Lipinski definition) is 5. The highest BCUT2D eigenvalue weighted by molar-refractivity contribution is 5.91. The van der Waals surface area contributed by atoms with Gasteiger partial charge in [-0.2, -0.15) is 0 Å². The number of furan rings is 1. The van der Waals surface area contributed by atoms with Gasteiger partial charge in [-0.25, -0.2) is 0 Å². The molecule has 6 nitrogen and oxygen atoms in total. The maximum Gasteiger partial charge on any atom is 0.287 e. The Kier molecular flexibility index (Phi) is 8.92. The normalized spacial score (nSPS) is 21.3. The third kappa shape index (κ3) is 5.84.